The average molecular weight is 313 g/mol. The fourth-order valence-electron chi connectivity index (χ4n) is 2.45. The van der Waals surface area contributed by atoms with E-state index >= 15 is 0 Å². The summed E-state index contributed by atoms with van der Waals surface area (Å²) >= 11 is 0. The molecule has 4 rings (SSSR count). The second-order valence-electron chi connectivity index (χ2n) is 5.52. The highest BCUT2D eigenvalue weighted by Crippen LogP contribution is 2.39. The van der Waals surface area contributed by atoms with E-state index in [2.05, 4.69) is 15.5 Å². The topological polar surface area (TPSA) is 89.4 Å². The van der Waals surface area contributed by atoms with E-state index in [4.69, 9.17) is 4.74 Å². The zero-order valence-electron chi connectivity index (χ0n) is 12.3. The van der Waals surface area contributed by atoms with Crippen molar-refractivity contribution >= 4 is 12.0 Å². The van der Waals surface area contributed by atoms with Crippen LogP contribution in [0.5, 0.6) is 0 Å². The van der Waals surface area contributed by atoms with Gasteiger partial charge in [-0.1, -0.05) is 18.2 Å². The SMILES string of the molecule is O=C(NN1CCOC1=O)c1nc(C2CC2)n(-c2ccccc2)n1. The lowest BCUT2D eigenvalue weighted by Crippen LogP contribution is -2.43. The highest BCUT2D eigenvalue weighted by Gasteiger charge is 2.32. The van der Waals surface area contributed by atoms with Crippen LogP contribution in [0.25, 0.3) is 5.69 Å². The highest BCUT2D eigenvalue weighted by molar-refractivity contribution is 5.91. The van der Waals surface area contributed by atoms with Crippen LogP contribution in [0.2, 0.25) is 0 Å². The zero-order chi connectivity index (χ0) is 15.8. The number of benzene rings is 1. The third kappa shape index (κ3) is 2.63. The molecule has 1 aromatic carbocycles. The molecule has 2 aromatic rings. The van der Waals surface area contributed by atoms with Gasteiger partial charge in [-0.15, -0.1) is 5.10 Å². The van der Waals surface area contributed by atoms with Gasteiger partial charge in [0.1, 0.15) is 12.4 Å². The summed E-state index contributed by atoms with van der Waals surface area (Å²) in [5.41, 5.74) is 3.34. The van der Waals surface area contributed by atoms with Gasteiger partial charge in [0.15, 0.2) is 0 Å². The first-order chi connectivity index (χ1) is 11.2. The Kier molecular flexibility index (Phi) is 3.22. The van der Waals surface area contributed by atoms with Gasteiger partial charge in [0, 0.05) is 5.92 Å². The summed E-state index contributed by atoms with van der Waals surface area (Å²) in [7, 11) is 0. The predicted octanol–water partition coefficient (Wildman–Crippen LogP) is 1.24. The number of cyclic esters (lactones) is 1. The number of amides is 2. The van der Waals surface area contributed by atoms with E-state index in [-0.39, 0.29) is 12.4 Å². The summed E-state index contributed by atoms with van der Waals surface area (Å²) in [6.45, 7) is 0.581. The molecule has 1 saturated heterocycles. The standard InChI is InChI=1S/C15H15N5O3/c21-14(18-19-8-9-23-15(19)22)12-16-13(10-6-7-10)20(17-12)11-4-2-1-3-5-11/h1-5,10H,6-9H2,(H,18,21). The van der Waals surface area contributed by atoms with Crippen LogP contribution < -0.4 is 5.43 Å². The van der Waals surface area contributed by atoms with Crippen molar-refractivity contribution in [3.63, 3.8) is 0 Å². The Morgan fingerprint density at radius 2 is 2.04 bits per heavy atom. The summed E-state index contributed by atoms with van der Waals surface area (Å²) in [4.78, 5) is 28.1. The number of aromatic nitrogens is 3. The fraction of sp³-hybridized carbons (Fsp3) is 0.333. The Hall–Kier alpha value is -2.90. The number of carbonyl (C=O) groups is 2. The van der Waals surface area contributed by atoms with E-state index in [1.54, 1.807) is 4.68 Å². The molecular formula is C15H15N5O3. The van der Waals surface area contributed by atoms with Crippen molar-refractivity contribution < 1.29 is 14.3 Å². The minimum atomic E-state index is -0.566. The van der Waals surface area contributed by atoms with Gasteiger partial charge >= 0.3 is 12.0 Å². The number of carbonyl (C=O) groups excluding carboxylic acids is 2. The largest absolute Gasteiger partial charge is 0.446 e. The normalized spacial score (nSPS) is 17.2. The van der Waals surface area contributed by atoms with Gasteiger partial charge < -0.3 is 4.74 Å². The maximum Gasteiger partial charge on any atom is 0.428 e. The number of hydrazine groups is 1. The van der Waals surface area contributed by atoms with Crippen LogP contribution in [0.4, 0.5) is 4.79 Å². The molecule has 1 N–H and O–H groups in total. The first-order valence-electron chi connectivity index (χ1n) is 7.50. The second-order valence-corrected chi connectivity index (χ2v) is 5.52. The summed E-state index contributed by atoms with van der Waals surface area (Å²) in [5.74, 6) is 0.655. The van der Waals surface area contributed by atoms with Crippen LogP contribution in [0.15, 0.2) is 30.3 Å². The van der Waals surface area contributed by atoms with E-state index in [0.717, 1.165) is 29.4 Å². The predicted molar refractivity (Wildman–Crippen MR) is 78.9 cm³/mol. The third-order valence-electron chi connectivity index (χ3n) is 3.78. The minimum Gasteiger partial charge on any atom is -0.446 e. The smallest absolute Gasteiger partial charge is 0.428 e. The summed E-state index contributed by atoms with van der Waals surface area (Å²) in [6, 6.07) is 9.57. The fourth-order valence-corrected chi connectivity index (χ4v) is 2.45. The molecule has 0 atom stereocenters. The monoisotopic (exact) mass is 313 g/mol. The summed E-state index contributed by atoms with van der Waals surface area (Å²) in [5, 5.41) is 5.45. The van der Waals surface area contributed by atoms with Crippen LogP contribution in [-0.4, -0.2) is 44.9 Å². The lowest BCUT2D eigenvalue weighted by atomic mass is 10.3. The Labute approximate surface area is 132 Å². The molecule has 1 aromatic heterocycles. The molecule has 1 aliphatic heterocycles. The van der Waals surface area contributed by atoms with E-state index < -0.39 is 12.0 Å². The van der Waals surface area contributed by atoms with Gasteiger partial charge in [-0.25, -0.2) is 19.5 Å². The second kappa shape index (κ2) is 5.38. The first kappa shape index (κ1) is 13.7. The Morgan fingerprint density at radius 3 is 2.70 bits per heavy atom. The molecule has 0 unspecified atom stereocenters. The molecule has 2 fully saturated rings. The molecule has 2 amide bonds. The van der Waals surface area contributed by atoms with E-state index in [0.29, 0.717) is 12.5 Å². The molecule has 0 spiro atoms. The molecule has 8 nitrogen and oxygen atoms in total. The van der Waals surface area contributed by atoms with Gasteiger partial charge in [-0.05, 0) is 25.0 Å². The zero-order valence-corrected chi connectivity index (χ0v) is 12.3. The molecule has 0 bridgehead atoms. The lowest BCUT2D eigenvalue weighted by Gasteiger charge is -2.11. The Bertz CT molecular complexity index is 754. The quantitative estimate of drug-likeness (QED) is 0.917. The van der Waals surface area contributed by atoms with E-state index in [1.165, 1.54) is 0 Å². The number of nitrogens with one attached hydrogen (secondary N) is 1. The number of nitrogens with zero attached hydrogens (tertiary/aromatic N) is 4. The number of ether oxygens (including phenoxy) is 1. The molecule has 118 valence electrons. The van der Waals surface area contributed by atoms with Crippen LogP contribution in [0.3, 0.4) is 0 Å². The van der Waals surface area contributed by atoms with E-state index in [1.807, 2.05) is 30.3 Å². The molecule has 8 heteroatoms. The van der Waals surface area contributed by atoms with Crippen molar-refractivity contribution in [3.05, 3.63) is 42.0 Å². The van der Waals surface area contributed by atoms with Gasteiger partial charge in [-0.2, -0.15) is 0 Å². The Balaban J connectivity index is 1.62. The third-order valence-corrected chi connectivity index (χ3v) is 3.78. The highest BCUT2D eigenvalue weighted by atomic mass is 16.6. The number of hydrogen-bond acceptors (Lipinski definition) is 5. The molecule has 23 heavy (non-hydrogen) atoms. The van der Waals surface area contributed by atoms with Gasteiger partial charge in [0.2, 0.25) is 5.82 Å². The van der Waals surface area contributed by atoms with Crippen molar-refractivity contribution in [2.75, 3.05) is 13.2 Å². The van der Waals surface area contributed by atoms with Crippen LogP contribution in [0.1, 0.15) is 35.2 Å². The average Bonchev–Trinajstić information content (AvgIpc) is 3.19. The summed E-state index contributed by atoms with van der Waals surface area (Å²) < 4.78 is 6.48. The molecule has 2 aliphatic rings. The molecule has 2 heterocycles. The van der Waals surface area contributed by atoms with Crippen LogP contribution >= 0.6 is 0 Å². The van der Waals surface area contributed by atoms with Crippen molar-refractivity contribution in [2.45, 2.75) is 18.8 Å². The van der Waals surface area contributed by atoms with Crippen molar-refractivity contribution in [1.29, 1.82) is 0 Å². The van der Waals surface area contributed by atoms with Gasteiger partial charge in [0.05, 0.1) is 12.2 Å². The van der Waals surface area contributed by atoms with Crippen molar-refractivity contribution in [2.24, 2.45) is 0 Å². The Morgan fingerprint density at radius 1 is 1.26 bits per heavy atom. The summed E-state index contributed by atoms with van der Waals surface area (Å²) in [6.07, 6.45) is 1.53. The minimum absolute atomic E-state index is 0.0513. The maximum atomic E-state index is 12.3. The molecular weight excluding hydrogens is 298 g/mol. The van der Waals surface area contributed by atoms with Crippen LogP contribution in [0, 0.1) is 0 Å². The van der Waals surface area contributed by atoms with Crippen molar-refractivity contribution in [1.82, 2.24) is 25.2 Å². The van der Waals surface area contributed by atoms with Gasteiger partial charge in [0.25, 0.3) is 0 Å². The van der Waals surface area contributed by atoms with Crippen molar-refractivity contribution in [3.8, 4) is 5.69 Å². The lowest BCUT2D eigenvalue weighted by molar-refractivity contribution is 0.0821. The molecule has 1 aliphatic carbocycles. The molecule has 1 saturated carbocycles. The maximum absolute atomic E-state index is 12.3. The molecule has 0 radical (unpaired) electrons. The number of hydrogen-bond donors (Lipinski definition) is 1. The van der Waals surface area contributed by atoms with E-state index in [9.17, 15) is 9.59 Å². The first-order valence-corrected chi connectivity index (χ1v) is 7.50. The van der Waals surface area contributed by atoms with Gasteiger partial charge in [-0.3, -0.25) is 10.2 Å². The number of para-hydroxylation sites is 1. The number of rotatable bonds is 4. The van der Waals surface area contributed by atoms with Crippen LogP contribution in [-0.2, 0) is 4.74 Å².